The lowest BCUT2D eigenvalue weighted by Crippen LogP contribution is -2.60. The summed E-state index contributed by atoms with van der Waals surface area (Å²) in [6.45, 7) is 1.88. The Balaban J connectivity index is 1.76. The van der Waals surface area contributed by atoms with Crippen molar-refractivity contribution in [3.05, 3.63) is 35.9 Å². The number of carbonyl (C=O) groups excluding carboxylic acids is 2. The number of nitrogens with zero attached hydrogens (tertiary/aromatic N) is 2. The molecule has 1 N–H and O–H groups in total. The maximum atomic E-state index is 12.8. The number of benzene rings is 1. The van der Waals surface area contributed by atoms with Crippen molar-refractivity contribution < 1.29 is 24.2 Å². The molecule has 2 unspecified atom stereocenters. The van der Waals surface area contributed by atoms with Gasteiger partial charge in [0.15, 0.2) is 0 Å². The Bertz CT molecular complexity index is 642. The summed E-state index contributed by atoms with van der Waals surface area (Å²) in [6.07, 6.45) is 1.49. The van der Waals surface area contributed by atoms with E-state index in [4.69, 9.17) is 4.74 Å². The Labute approximate surface area is 146 Å². The van der Waals surface area contributed by atoms with Crippen LogP contribution in [0, 0.1) is 0 Å². The number of rotatable bonds is 5. The van der Waals surface area contributed by atoms with Gasteiger partial charge in [0.25, 0.3) is 5.91 Å². The zero-order chi connectivity index (χ0) is 17.8. The van der Waals surface area contributed by atoms with Gasteiger partial charge in [0, 0.05) is 31.8 Å². The van der Waals surface area contributed by atoms with Gasteiger partial charge in [0.1, 0.15) is 6.04 Å². The van der Waals surface area contributed by atoms with Crippen LogP contribution in [0.3, 0.4) is 0 Å². The number of ether oxygens (including phenoxy) is 1. The van der Waals surface area contributed by atoms with Crippen LogP contribution in [0.25, 0.3) is 0 Å². The Kier molecular flexibility index (Phi) is 5.33. The van der Waals surface area contributed by atoms with Crippen molar-refractivity contribution in [1.82, 2.24) is 9.80 Å². The second-order valence-electron chi connectivity index (χ2n) is 6.40. The van der Waals surface area contributed by atoms with Gasteiger partial charge in [0.05, 0.1) is 12.5 Å². The van der Waals surface area contributed by atoms with Crippen LogP contribution >= 0.6 is 0 Å². The van der Waals surface area contributed by atoms with Crippen LogP contribution in [0.2, 0.25) is 0 Å². The molecule has 2 atom stereocenters. The second-order valence-corrected chi connectivity index (χ2v) is 6.40. The molecule has 2 saturated heterocycles. The van der Waals surface area contributed by atoms with Crippen molar-refractivity contribution in [3.8, 4) is 0 Å². The van der Waals surface area contributed by atoms with Crippen LogP contribution in [0.4, 0.5) is 0 Å². The van der Waals surface area contributed by atoms with Gasteiger partial charge in [-0.05, 0) is 25.0 Å². The van der Waals surface area contributed by atoms with E-state index in [2.05, 4.69) is 0 Å². The predicted molar refractivity (Wildman–Crippen MR) is 89.1 cm³/mol. The highest BCUT2D eigenvalue weighted by atomic mass is 16.5. The highest BCUT2D eigenvalue weighted by molar-refractivity contribution is 5.99. The number of aliphatic carboxylic acids is 1. The maximum Gasteiger partial charge on any atom is 0.305 e. The summed E-state index contributed by atoms with van der Waals surface area (Å²) in [5, 5.41) is 9.19. The highest BCUT2D eigenvalue weighted by Crippen LogP contribution is 2.21. The van der Waals surface area contributed by atoms with E-state index in [1.165, 1.54) is 4.90 Å². The summed E-state index contributed by atoms with van der Waals surface area (Å²) >= 11 is 0. The van der Waals surface area contributed by atoms with E-state index in [-0.39, 0.29) is 24.3 Å². The molecule has 0 spiro atoms. The molecular weight excluding hydrogens is 324 g/mol. The van der Waals surface area contributed by atoms with Gasteiger partial charge in [-0.2, -0.15) is 0 Å². The zero-order valence-electron chi connectivity index (χ0n) is 14.0. The first kappa shape index (κ1) is 17.4. The number of amides is 2. The van der Waals surface area contributed by atoms with Gasteiger partial charge in [-0.15, -0.1) is 0 Å². The molecule has 134 valence electrons. The van der Waals surface area contributed by atoms with Crippen molar-refractivity contribution in [1.29, 1.82) is 0 Å². The molecule has 2 amide bonds. The molecule has 2 heterocycles. The van der Waals surface area contributed by atoms with E-state index in [1.807, 2.05) is 0 Å². The minimum Gasteiger partial charge on any atom is -0.481 e. The van der Waals surface area contributed by atoms with Crippen LogP contribution < -0.4 is 0 Å². The number of carbonyl (C=O) groups is 3. The number of piperazine rings is 1. The first-order valence-corrected chi connectivity index (χ1v) is 8.54. The Hall–Kier alpha value is -2.41. The minimum absolute atomic E-state index is 0.00537. The molecule has 0 radical (unpaired) electrons. The summed E-state index contributed by atoms with van der Waals surface area (Å²) < 4.78 is 5.57. The lowest BCUT2D eigenvalue weighted by atomic mass is 10.0. The second kappa shape index (κ2) is 7.65. The van der Waals surface area contributed by atoms with Crippen LogP contribution in [0.15, 0.2) is 30.3 Å². The van der Waals surface area contributed by atoms with Crippen LogP contribution in [0.1, 0.15) is 29.6 Å². The number of carboxylic acids is 1. The fraction of sp³-hybridized carbons (Fsp3) is 0.500. The molecule has 2 fully saturated rings. The smallest absolute Gasteiger partial charge is 0.305 e. The average molecular weight is 346 g/mol. The first-order valence-electron chi connectivity index (χ1n) is 8.54. The minimum atomic E-state index is -1.09. The van der Waals surface area contributed by atoms with E-state index >= 15 is 0 Å². The molecule has 2 aliphatic rings. The van der Waals surface area contributed by atoms with Gasteiger partial charge in [0.2, 0.25) is 5.91 Å². The van der Waals surface area contributed by atoms with E-state index in [0.29, 0.717) is 31.8 Å². The number of carboxylic acid groups (broad SMARTS) is 1. The summed E-state index contributed by atoms with van der Waals surface area (Å²) in [6, 6.07) is 7.66. The lowest BCUT2D eigenvalue weighted by molar-refractivity contribution is -0.148. The van der Waals surface area contributed by atoms with Crippen LogP contribution in [0.5, 0.6) is 0 Å². The molecule has 0 aromatic heterocycles. The largest absolute Gasteiger partial charge is 0.481 e. The highest BCUT2D eigenvalue weighted by Gasteiger charge is 2.39. The van der Waals surface area contributed by atoms with Crippen molar-refractivity contribution in [2.24, 2.45) is 0 Å². The third-order valence-corrected chi connectivity index (χ3v) is 4.68. The first-order chi connectivity index (χ1) is 12.1. The molecule has 1 aromatic rings. The summed E-state index contributed by atoms with van der Waals surface area (Å²) in [5.74, 6) is -1.71. The fourth-order valence-electron chi connectivity index (χ4n) is 3.41. The number of hydrogen-bond acceptors (Lipinski definition) is 4. The van der Waals surface area contributed by atoms with Crippen LogP contribution in [-0.4, -0.2) is 71.1 Å². The van der Waals surface area contributed by atoms with Gasteiger partial charge in [-0.1, -0.05) is 18.2 Å². The molecule has 1 aromatic carbocycles. The van der Waals surface area contributed by atoms with Gasteiger partial charge < -0.3 is 19.6 Å². The molecule has 3 rings (SSSR count). The molecule has 25 heavy (non-hydrogen) atoms. The van der Waals surface area contributed by atoms with Crippen molar-refractivity contribution in [2.45, 2.75) is 31.4 Å². The SMILES string of the molecule is O=C(O)CC1C(=O)N(CC2CCCO2)CCN1C(=O)c1ccccc1. The van der Waals surface area contributed by atoms with E-state index in [1.54, 1.807) is 35.2 Å². The summed E-state index contributed by atoms with van der Waals surface area (Å²) in [5.41, 5.74) is 0.457. The zero-order valence-corrected chi connectivity index (χ0v) is 14.0. The predicted octanol–water partition coefficient (Wildman–Crippen LogP) is 0.993. The fourth-order valence-corrected chi connectivity index (χ4v) is 3.41. The Morgan fingerprint density at radius 2 is 1.96 bits per heavy atom. The van der Waals surface area contributed by atoms with E-state index in [0.717, 1.165) is 12.8 Å². The summed E-state index contributed by atoms with van der Waals surface area (Å²) in [4.78, 5) is 39.8. The van der Waals surface area contributed by atoms with E-state index in [9.17, 15) is 19.5 Å². The van der Waals surface area contributed by atoms with Gasteiger partial charge in [-0.25, -0.2) is 0 Å². The topological polar surface area (TPSA) is 87.2 Å². The van der Waals surface area contributed by atoms with Crippen LogP contribution in [-0.2, 0) is 14.3 Å². The van der Waals surface area contributed by atoms with Crippen molar-refractivity contribution in [3.63, 3.8) is 0 Å². The molecular formula is C18H22N2O5. The maximum absolute atomic E-state index is 12.8. The summed E-state index contributed by atoms with van der Waals surface area (Å²) in [7, 11) is 0. The quantitative estimate of drug-likeness (QED) is 0.859. The standard InChI is InChI=1S/C18H22N2O5/c21-16(22)11-15-18(24)19(12-14-7-4-10-25-14)8-9-20(15)17(23)13-5-2-1-3-6-13/h1-3,5-6,14-15H,4,7-12H2,(H,21,22). The van der Waals surface area contributed by atoms with Crippen molar-refractivity contribution in [2.75, 3.05) is 26.2 Å². The Morgan fingerprint density at radius 3 is 2.60 bits per heavy atom. The van der Waals surface area contributed by atoms with Crippen molar-refractivity contribution >= 4 is 17.8 Å². The monoisotopic (exact) mass is 346 g/mol. The molecule has 7 nitrogen and oxygen atoms in total. The molecule has 7 heteroatoms. The molecule has 0 bridgehead atoms. The van der Waals surface area contributed by atoms with E-state index < -0.39 is 12.0 Å². The van der Waals surface area contributed by atoms with Gasteiger partial charge in [-0.3, -0.25) is 14.4 Å². The third kappa shape index (κ3) is 3.99. The molecule has 0 saturated carbocycles. The normalized spacial score (nSPS) is 23.8. The average Bonchev–Trinajstić information content (AvgIpc) is 3.11. The third-order valence-electron chi connectivity index (χ3n) is 4.68. The number of hydrogen-bond donors (Lipinski definition) is 1. The van der Waals surface area contributed by atoms with Gasteiger partial charge >= 0.3 is 5.97 Å². The Morgan fingerprint density at radius 1 is 1.20 bits per heavy atom. The lowest BCUT2D eigenvalue weighted by Gasteiger charge is -2.40. The molecule has 0 aliphatic carbocycles. The molecule has 2 aliphatic heterocycles.